The van der Waals surface area contributed by atoms with Crippen LogP contribution in [0, 0.1) is 5.21 Å². The molecular weight excluding hydrogens is 360 g/mol. The molecule has 1 aliphatic rings. The van der Waals surface area contributed by atoms with Crippen LogP contribution in [0.5, 0.6) is 0 Å². The SMILES string of the molecule is C=CCCN1CC[N@@+]([O-])(C(=O)OC(C)(C)C)C(COCc2ccccc2)C1=O. The summed E-state index contributed by atoms with van der Waals surface area (Å²) in [6.45, 7) is 9.46. The van der Waals surface area contributed by atoms with Gasteiger partial charge in [-0.2, -0.15) is 4.79 Å². The largest absolute Gasteiger partial charge is 0.622 e. The molecular formula is C21H30N2O5. The molecule has 0 aliphatic carbocycles. The van der Waals surface area contributed by atoms with E-state index in [1.54, 1.807) is 31.7 Å². The van der Waals surface area contributed by atoms with Gasteiger partial charge in [0.2, 0.25) is 6.04 Å². The molecule has 2 rings (SSSR count). The number of rotatable bonds is 7. The molecule has 0 spiro atoms. The van der Waals surface area contributed by atoms with Crippen LogP contribution in [0.4, 0.5) is 4.79 Å². The van der Waals surface area contributed by atoms with Gasteiger partial charge in [-0.25, -0.2) is 4.65 Å². The molecule has 28 heavy (non-hydrogen) atoms. The maximum atomic E-state index is 13.4. The van der Waals surface area contributed by atoms with Gasteiger partial charge in [0.1, 0.15) is 18.8 Å². The second-order valence-corrected chi connectivity index (χ2v) is 7.92. The second kappa shape index (κ2) is 9.32. The summed E-state index contributed by atoms with van der Waals surface area (Å²) < 4.78 is 9.63. The Hall–Kier alpha value is -2.22. The Morgan fingerprint density at radius 3 is 2.64 bits per heavy atom. The fourth-order valence-corrected chi connectivity index (χ4v) is 3.01. The fraction of sp³-hybridized carbons (Fsp3) is 0.524. The minimum Gasteiger partial charge on any atom is -0.622 e. The van der Waals surface area contributed by atoms with Crippen molar-refractivity contribution < 1.29 is 23.7 Å². The molecule has 2 atom stereocenters. The highest BCUT2D eigenvalue weighted by molar-refractivity contribution is 5.83. The molecule has 1 fully saturated rings. The maximum Gasteiger partial charge on any atom is 0.517 e. The van der Waals surface area contributed by atoms with Gasteiger partial charge in [0.05, 0.1) is 13.2 Å². The number of quaternary nitrogens is 1. The number of hydrogen-bond donors (Lipinski definition) is 0. The zero-order chi connectivity index (χ0) is 20.8. The Labute approximate surface area is 166 Å². The van der Waals surface area contributed by atoms with E-state index in [1.165, 1.54) is 0 Å². The molecule has 1 heterocycles. The predicted molar refractivity (Wildman–Crippen MR) is 106 cm³/mol. The average Bonchev–Trinajstić information content (AvgIpc) is 2.63. The van der Waals surface area contributed by atoms with Gasteiger partial charge in [0.15, 0.2) is 0 Å². The van der Waals surface area contributed by atoms with Crippen molar-refractivity contribution in [2.24, 2.45) is 0 Å². The van der Waals surface area contributed by atoms with Crippen LogP contribution in [0.25, 0.3) is 0 Å². The van der Waals surface area contributed by atoms with Crippen molar-refractivity contribution in [2.75, 3.05) is 26.2 Å². The molecule has 0 bridgehead atoms. The van der Waals surface area contributed by atoms with Crippen LogP contribution in [0.3, 0.4) is 0 Å². The van der Waals surface area contributed by atoms with Gasteiger partial charge in [-0.1, -0.05) is 36.4 Å². The summed E-state index contributed by atoms with van der Waals surface area (Å²) in [6, 6.07) is 8.27. The first-order chi connectivity index (χ1) is 13.2. The number of carbonyl (C=O) groups excluding carboxylic acids is 2. The third kappa shape index (κ3) is 5.64. The lowest BCUT2D eigenvalue weighted by Gasteiger charge is -2.49. The smallest absolute Gasteiger partial charge is 0.517 e. The zero-order valence-electron chi connectivity index (χ0n) is 16.9. The fourth-order valence-electron chi connectivity index (χ4n) is 3.01. The van der Waals surface area contributed by atoms with Crippen molar-refractivity contribution in [3.63, 3.8) is 0 Å². The normalized spacial score (nSPS) is 22.8. The lowest BCUT2D eigenvalue weighted by atomic mass is 10.1. The quantitative estimate of drug-likeness (QED) is 0.406. The van der Waals surface area contributed by atoms with Crippen LogP contribution in [0.1, 0.15) is 32.8 Å². The Morgan fingerprint density at radius 2 is 2.04 bits per heavy atom. The van der Waals surface area contributed by atoms with E-state index < -0.39 is 22.4 Å². The summed E-state index contributed by atoms with van der Waals surface area (Å²) in [7, 11) is 0. The van der Waals surface area contributed by atoms with E-state index >= 15 is 0 Å². The molecule has 1 unspecified atom stereocenters. The van der Waals surface area contributed by atoms with Crippen molar-refractivity contribution >= 4 is 12.0 Å². The number of piperazine rings is 1. The van der Waals surface area contributed by atoms with Crippen molar-refractivity contribution in [1.29, 1.82) is 0 Å². The Bertz CT molecular complexity index is 686. The van der Waals surface area contributed by atoms with E-state index in [0.29, 0.717) is 13.0 Å². The molecule has 0 N–H and O–H groups in total. The summed E-state index contributed by atoms with van der Waals surface area (Å²) in [5.41, 5.74) is 0.112. The van der Waals surface area contributed by atoms with E-state index in [0.717, 1.165) is 5.56 Å². The van der Waals surface area contributed by atoms with E-state index in [9.17, 15) is 14.8 Å². The van der Waals surface area contributed by atoms with Gasteiger partial charge in [-0.3, -0.25) is 4.79 Å². The maximum absolute atomic E-state index is 13.4. The first-order valence-electron chi connectivity index (χ1n) is 9.51. The van der Waals surface area contributed by atoms with Crippen LogP contribution in [-0.2, 0) is 20.9 Å². The Kier molecular flexibility index (Phi) is 7.35. The topological polar surface area (TPSA) is 78.9 Å². The highest BCUT2D eigenvalue weighted by Gasteiger charge is 2.49. The van der Waals surface area contributed by atoms with Gasteiger partial charge in [0, 0.05) is 6.54 Å². The zero-order valence-corrected chi connectivity index (χ0v) is 16.9. The highest BCUT2D eigenvalue weighted by atomic mass is 16.7. The third-order valence-corrected chi connectivity index (χ3v) is 4.50. The second-order valence-electron chi connectivity index (χ2n) is 7.92. The van der Waals surface area contributed by atoms with Crippen LogP contribution >= 0.6 is 0 Å². The van der Waals surface area contributed by atoms with E-state index in [-0.39, 0.29) is 32.2 Å². The van der Waals surface area contributed by atoms with E-state index in [1.807, 2.05) is 30.3 Å². The number of hydroxylamine groups is 3. The third-order valence-electron chi connectivity index (χ3n) is 4.50. The van der Waals surface area contributed by atoms with Crippen molar-refractivity contribution in [2.45, 2.75) is 45.4 Å². The number of nitrogens with zero attached hydrogens (tertiary/aromatic N) is 2. The molecule has 154 valence electrons. The minimum atomic E-state index is -1.35. The molecule has 1 aliphatic heterocycles. The molecule has 1 aromatic rings. The minimum absolute atomic E-state index is 0.0584. The molecule has 7 nitrogen and oxygen atoms in total. The average molecular weight is 390 g/mol. The monoisotopic (exact) mass is 390 g/mol. The first kappa shape index (κ1) is 22.1. The summed E-state index contributed by atoms with van der Waals surface area (Å²) in [5, 5.41) is 13.4. The van der Waals surface area contributed by atoms with Crippen LogP contribution in [0.15, 0.2) is 43.0 Å². The molecule has 1 aromatic carbocycles. The van der Waals surface area contributed by atoms with Crippen molar-refractivity contribution in [1.82, 2.24) is 4.90 Å². The summed E-state index contributed by atoms with van der Waals surface area (Å²) >= 11 is 0. The van der Waals surface area contributed by atoms with Gasteiger partial charge in [-0.05, 0) is 32.8 Å². The van der Waals surface area contributed by atoms with Gasteiger partial charge in [0.25, 0.3) is 5.91 Å². The van der Waals surface area contributed by atoms with Crippen LogP contribution in [-0.4, -0.2) is 59.4 Å². The predicted octanol–water partition coefficient (Wildman–Crippen LogP) is 3.24. The number of amides is 2. The van der Waals surface area contributed by atoms with E-state index in [4.69, 9.17) is 9.47 Å². The van der Waals surface area contributed by atoms with Gasteiger partial charge >= 0.3 is 6.09 Å². The first-order valence-corrected chi connectivity index (χ1v) is 9.51. The highest BCUT2D eigenvalue weighted by Crippen LogP contribution is 2.25. The number of ether oxygens (including phenoxy) is 2. The molecule has 1 saturated heterocycles. The summed E-state index contributed by atoms with van der Waals surface area (Å²) in [6.07, 6.45) is 1.39. The molecule has 7 heteroatoms. The number of benzene rings is 1. The Morgan fingerprint density at radius 1 is 1.36 bits per heavy atom. The Balaban J connectivity index is 2.15. The number of carbonyl (C=O) groups is 2. The number of hydrogen-bond acceptors (Lipinski definition) is 5. The standard InChI is InChI=1S/C21H30N2O5/c1-5-6-12-22-13-14-23(26,20(25)28-21(2,3)4)18(19(22)24)16-27-15-17-10-8-7-9-11-17/h5,7-11,18H,1,6,12-16H2,2-4H3/t18?,23-/m0/s1. The lowest BCUT2D eigenvalue weighted by Crippen LogP contribution is -2.69. The summed E-state index contributed by atoms with van der Waals surface area (Å²) in [4.78, 5) is 27.2. The summed E-state index contributed by atoms with van der Waals surface area (Å²) in [5.74, 6) is -0.387. The molecule has 0 aromatic heterocycles. The molecule has 2 amide bonds. The van der Waals surface area contributed by atoms with Crippen LogP contribution in [0.2, 0.25) is 0 Å². The van der Waals surface area contributed by atoms with Gasteiger partial charge < -0.3 is 19.6 Å². The van der Waals surface area contributed by atoms with Crippen LogP contribution < -0.4 is 0 Å². The molecule has 0 radical (unpaired) electrons. The van der Waals surface area contributed by atoms with Crippen molar-refractivity contribution in [3.8, 4) is 0 Å². The van der Waals surface area contributed by atoms with Crippen molar-refractivity contribution in [3.05, 3.63) is 53.8 Å². The lowest BCUT2D eigenvalue weighted by molar-refractivity contribution is -0.830. The molecule has 0 saturated carbocycles. The van der Waals surface area contributed by atoms with Gasteiger partial charge in [-0.15, -0.1) is 6.58 Å². The van der Waals surface area contributed by atoms with E-state index in [2.05, 4.69) is 6.58 Å².